The largest absolute Gasteiger partial charge is 0.449 e. The van der Waals surface area contributed by atoms with Gasteiger partial charge in [-0.25, -0.2) is 4.79 Å². The minimum atomic E-state index is -2.93. The normalized spacial score (nSPS) is 11.8. The van der Waals surface area contributed by atoms with Crippen molar-refractivity contribution in [1.82, 2.24) is 5.32 Å². The highest BCUT2D eigenvalue weighted by Gasteiger charge is 2.18. The van der Waals surface area contributed by atoms with Crippen LogP contribution < -0.4 is 10.1 Å². The van der Waals surface area contributed by atoms with Crippen molar-refractivity contribution < 1.29 is 27.8 Å². The Bertz CT molecular complexity index is 462. The van der Waals surface area contributed by atoms with Gasteiger partial charge < -0.3 is 14.8 Å². The summed E-state index contributed by atoms with van der Waals surface area (Å²) in [5, 5.41) is 2.51. The lowest BCUT2D eigenvalue weighted by atomic mass is 10.2. The Morgan fingerprint density at radius 3 is 2.35 bits per heavy atom. The second kappa shape index (κ2) is 7.42. The third kappa shape index (κ3) is 4.83. The molecule has 0 fully saturated rings. The lowest BCUT2D eigenvalue weighted by molar-refractivity contribution is -0.128. The summed E-state index contributed by atoms with van der Waals surface area (Å²) < 4.78 is 33.0. The van der Waals surface area contributed by atoms with E-state index in [4.69, 9.17) is 4.74 Å². The van der Waals surface area contributed by atoms with Gasteiger partial charge in [-0.15, -0.1) is 0 Å². The maximum absolute atomic E-state index is 12.0. The number of hydrogen-bond donors (Lipinski definition) is 1. The first-order valence-corrected chi connectivity index (χ1v) is 5.97. The van der Waals surface area contributed by atoms with Gasteiger partial charge in [0.2, 0.25) is 0 Å². The van der Waals surface area contributed by atoms with Gasteiger partial charge in [0.15, 0.2) is 6.10 Å². The summed E-state index contributed by atoms with van der Waals surface area (Å²) in [6.07, 6.45) is -0.931. The Morgan fingerprint density at radius 1 is 1.25 bits per heavy atom. The molecule has 0 spiro atoms. The molecule has 0 aliphatic carbocycles. The van der Waals surface area contributed by atoms with E-state index in [1.807, 2.05) is 0 Å². The summed E-state index contributed by atoms with van der Waals surface area (Å²) in [4.78, 5) is 23.1. The summed E-state index contributed by atoms with van der Waals surface area (Å²) in [6.45, 7) is 0.691. The van der Waals surface area contributed by atoms with Gasteiger partial charge in [-0.2, -0.15) is 8.78 Å². The smallest absolute Gasteiger partial charge is 0.387 e. The van der Waals surface area contributed by atoms with Crippen LogP contribution in [0.4, 0.5) is 8.78 Å². The van der Waals surface area contributed by atoms with Gasteiger partial charge in [0, 0.05) is 6.54 Å². The molecular formula is C13H15F2NO4. The predicted molar refractivity (Wildman–Crippen MR) is 66.6 cm³/mol. The number of benzene rings is 1. The highest BCUT2D eigenvalue weighted by molar-refractivity contribution is 5.92. The zero-order valence-electron chi connectivity index (χ0n) is 11.1. The van der Waals surface area contributed by atoms with Crippen molar-refractivity contribution in [3.8, 4) is 5.75 Å². The van der Waals surface area contributed by atoms with Gasteiger partial charge in [-0.3, -0.25) is 4.79 Å². The molecule has 5 nitrogen and oxygen atoms in total. The molecule has 1 aromatic carbocycles. The molecule has 0 aliphatic rings. The van der Waals surface area contributed by atoms with Crippen LogP contribution in [0.2, 0.25) is 0 Å². The van der Waals surface area contributed by atoms with Crippen LogP contribution in [-0.2, 0) is 9.53 Å². The minimum absolute atomic E-state index is 0.0617. The van der Waals surface area contributed by atoms with Crippen molar-refractivity contribution >= 4 is 11.9 Å². The summed E-state index contributed by atoms with van der Waals surface area (Å²) in [6, 6.07) is 5.01. The van der Waals surface area contributed by atoms with Gasteiger partial charge in [-0.1, -0.05) is 0 Å². The number of amides is 1. The summed E-state index contributed by atoms with van der Waals surface area (Å²) in [5.74, 6) is -1.18. The third-order valence-corrected chi connectivity index (χ3v) is 2.32. The number of carbonyl (C=O) groups is 2. The number of esters is 1. The van der Waals surface area contributed by atoms with Crippen LogP contribution in [0.1, 0.15) is 24.2 Å². The van der Waals surface area contributed by atoms with Gasteiger partial charge in [0.25, 0.3) is 5.91 Å². The average molecular weight is 287 g/mol. The molecule has 1 atom stereocenters. The maximum atomic E-state index is 12.0. The Balaban J connectivity index is 2.61. The van der Waals surface area contributed by atoms with Crippen molar-refractivity contribution in [3.05, 3.63) is 29.8 Å². The van der Waals surface area contributed by atoms with Crippen molar-refractivity contribution in [2.75, 3.05) is 6.54 Å². The molecule has 1 rings (SSSR count). The van der Waals surface area contributed by atoms with Crippen LogP contribution in [0, 0.1) is 0 Å². The second-order valence-electron chi connectivity index (χ2n) is 3.84. The van der Waals surface area contributed by atoms with Crippen LogP contribution in [0.15, 0.2) is 24.3 Å². The number of likely N-dealkylation sites (N-methyl/N-ethyl adjacent to an activating group) is 1. The zero-order chi connectivity index (χ0) is 15.1. The molecule has 1 N–H and O–H groups in total. The molecule has 20 heavy (non-hydrogen) atoms. The maximum Gasteiger partial charge on any atom is 0.387 e. The molecule has 1 amide bonds. The fourth-order valence-corrected chi connectivity index (χ4v) is 1.37. The highest BCUT2D eigenvalue weighted by atomic mass is 19.3. The monoisotopic (exact) mass is 287 g/mol. The molecule has 0 unspecified atom stereocenters. The van der Waals surface area contributed by atoms with E-state index in [0.29, 0.717) is 6.54 Å². The number of hydrogen-bond acceptors (Lipinski definition) is 4. The van der Waals surface area contributed by atoms with E-state index in [9.17, 15) is 18.4 Å². The van der Waals surface area contributed by atoms with Crippen LogP contribution in [0.25, 0.3) is 0 Å². The molecular weight excluding hydrogens is 272 g/mol. The van der Waals surface area contributed by atoms with E-state index in [2.05, 4.69) is 10.1 Å². The number of carbonyl (C=O) groups excluding carboxylic acids is 2. The predicted octanol–water partition coefficient (Wildman–Crippen LogP) is 1.97. The van der Waals surface area contributed by atoms with Gasteiger partial charge >= 0.3 is 12.6 Å². The molecule has 0 heterocycles. The Labute approximate surface area is 114 Å². The molecule has 0 bridgehead atoms. The number of halogens is 2. The number of ether oxygens (including phenoxy) is 2. The summed E-state index contributed by atoms with van der Waals surface area (Å²) in [5.41, 5.74) is 0.141. The molecule has 0 aromatic heterocycles. The van der Waals surface area contributed by atoms with Gasteiger partial charge in [-0.05, 0) is 38.1 Å². The van der Waals surface area contributed by atoms with Crippen molar-refractivity contribution in [2.24, 2.45) is 0 Å². The first-order chi connectivity index (χ1) is 9.43. The molecule has 1 aromatic rings. The van der Waals surface area contributed by atoms with Gasteiger partial charge in [0.05, 0.1) is 5.56 Å². The van der Waals surface area contributed by atoms with Crippen LogP contribution in [0.3, 0.4) is 0 Å². The molecule has 0 radical (unpaired) electrons. The highest BCUT2D eigenvalue weighted by Crippen LogP contribution is 2.15. The summed E-state index contributed by atoms with van der Waals surface area (Å²) in [7, 11) is 0. The standard InChI is InChI=1S/C13H15F2NO4/c1-3-16-11(17)8(2)19-12(18)9-4-6-10(7-5-9)20-13(14)15/h4-8,13H,3H2,1-2H3,(H,16,17)/t8-/m1/s1. The topological polar surface area (TPSA) is 64.6 Å². The molecule has 0 saturated carbocycles. The van der Waals surface area contributed by atoms with E-state index >= 15 is 0 Å². The lowest BCUT2D eigenvalue weighted by Crippen LogP contribution is -2.35. The molecule has 110 valence electrons. The van der Waals surface area contributed by atoms with Crippen molar-refractivity contribution in [1.29, 1.82) is 0 Å². The molecule has 7 heteroatoms. The van der Waals surface area contributed by atoms with Crippen molar-refractivity contribution in [2.45, 2.75) is 26.6 Å². The SMILES string of the molecule is CCNC(=O)[C@@H](C)OC(=O)c1ccc(OC(F)F)cc1. The fourth-order valence-electron chi connectivity index (χ4n) is 1.37. The van der Waals surface area contributed by atoms with E-state index in [-0.39, 0.29) is 11.3 Å². The Hall–Kier alpha value is -2.18. The van der Waals surface area contributed by atoms with E-state index < -0.39 is 24.6 Å². The van der Waals surface area contributed by atoms with Crippen LogP contribution in [0.5, 0.6) is 5.75 Å². The molecule has 0 aliphatic heterocycles. The fraction of sp³-hybridized carbons (Fsp3) is 0.385. The minimum Gasteiger partial charge on any atom is -0.449 e. The third-order valence-electron chi connectivity index (χ3n) is 2.32. The quantitative estimate of drug-likeness (QED) is 0.812. The van der Waals surface area contributed by atoms with Gasteiger partial charge in [0.1, 0.15) is 5.75 Å². The second-order valence-corrected chi connectivity index (χ2v) is 3.84. The number of nitrogens with one attached hydrogen (secondary N) is 1. The van der Waals surface area contributed by atoms with E-state index in [1.54, 1.807) is 6.92 Å². The first-order valence-electron chi connectivity index (χ1n) is 5.97. The first kappa shape index (κ1) is 15.9. The van der Waals surface area contributed by atoms with E-state index in [0.717, 1.165) is 0 Å². The summed E-state index contributed by atoms with van der Waals surface area (Å²) >= 11 is 0. The number of alkyl halides is 2. The Morgan fingerprint density at radius 2 is 1.85 bits per heavy atom. The number of rotatable bonds is 6. The average Bonchev–Trinajstić information content (AvgIpc) is 2.39. The zero-order valence-corrected chi connectivity index (χ0v) is 11.1. The lowest BCUT2D eigenvalue weighted by Gasteiger charge is -2.12. The van der Waals surface area contributed by atoms with E-state index in [1.165, 1.54) is 31.2 Å². The van der Waals surface area contributed by atoms with Crippen LogP contribution in [-0.4, -0.2) is 31.1 Å². The molecule has 0 saturated heterocycles. The Kier molecular flexibility index (Phi) is 5.89. The van der Waals surface area contributed by atoms with Crippen molar-refractivity contribution in [3.63, 3.8) is 0 Å². The van der Waals surface area contributed by atoms with Crippen LogP contribution >= 0.6 is 0 Å².